The lowest BCUT2D eigenvalue weighted by molar-refractivity contribution is -0.115. The summed E-state index contributed by atoms with van der Waals surface area (Å²) in [6.07, 6.45) is 1.70. The number of hydrogen-bond acceptors (Lipinski definition) is 4. The van der Waals surface area contributed by atoms with E-state index in [0.29, 0.717) is 27.4 Å². The molecule has 5 rings (SSSR count). The summed E-state index contributed by atoms with van der Waals surface area (Å²) in [7, 11) is 0. The Bertz CT molecular complexity index is 1550. The summed E-state index contributed by atoms with van der Waals surface area (Å²) in [4.78, 5) is 26.1. The number of carbonyl (C=O) groups is 2. The first-order valence-electron chi connectivity index (χ1n) is 10.8. The monoisotopic (exact) mass is 472 g/mol. The first kappa shape index (κ1) is 21.8. The number of nitrogens with one attached hydrogen (secondary N) is 2. The van der Waals surface area contributed by atoms with Gasteiger partial charge < -0.3 is 19.5 Å². The third-order valence-corrected chi connectivity index (χ3v) is 6.11. The number of halogens is 1. The second-order valence-electron chi connectivity index (χ2n) is 8.13. The molecule has 2 N–H and O–H groups in total. The Morgan fingerprint density at radius 3 is 2.47 bits per heavy atom. The predicted molar refractivity (Wildman–Crippen MR) is 134 cm³/mol. The van der Waals surface area contributed by atoms with Crippen LogP contribution in [0.3, 0.4) is 0 Å². The van der Waals surface area contributed by atoms with Crippen LogP contribution in [-0.2, 0) is 11.2 Å². The number of amides is 2. The number of furan rings is 2. The van der Waals surface area contributed by atoms with E-state index in [1.807, 2.05) is 32.0 Å². The van der Waals surface area contributed by atoms with E-state index < -0.39 is 5.91 Å². The first-order valence-corrected chi connectivity index (χ1v) is 11.1. The highest BCUT2D eigenvalue weighted by Gasteiger charge is 2.23. The van der Waals surface area contributed by atoms with Crippen molar-refractivity contribution in [2.24, 2.45) is 0 Å². The van der Waals surface area contributed by atoms with E-state index in [9.17, 15) is 9.59 Å². The van der Waals surface area contributed by atoms with Crippen LogP contribution < -0.4 is 10.6 Å². The Balaban J connectivity index is 1.44. The maximum Gasteiger partial charge on any atom is 0.293 e. The molecule has 2 amide bonds. The Morgan fingerprint density at radius 1 is 0.912 bits per heavy atom. The van der Waals surface area contributed by atoms with Crippen molar-refractivity contribution in [3.63, 3.8) is 0 Å². The molecule has 170 valence electrons. The molecule has 7 heteroatoms. The highest BCUT2D eigenvalue weighted by atomic mass is 35.5. The third kappa shape index (κ3) is 4.04. The number of rotatable bonds is 5. The van der Waals surface area contributed by atoms with Gasteiger partial charge in [-0.25, -0.2) is 0 Å². The van der Waals surface area contributed by atoms with Gasteiger partial charge in [0.1, 0.15) is 16.9 Å². The van der Waals surface area contributed by atoms with Crippen LogP contribution in [0.1, 0.15) is 27.2 Å². The molecular formula is C27H21ClN2O4. The van der Waals surface area contributed by atoms with Gasteiger partial charge in [-0.1, -0.05) is 35.9 Å². The largest absolute Gasteiger partial charge is 0.464 e. The quantitative estimate of drug-likeness (QED) is 0.292. The maximum atomic E-state index is 13.0. The van der Waals surface area contributed by atoms with Gasteiger partial charge in [0.2, 0.25) is 11.7 Å². The molecule has 2 heterocycles. The normalized spacial score (nSPS) is 11.1. The molecule has 0 bridgehead atoms. The first-order chi connectivity index (χ1) is 16.4. The molecular weight excluding hydrogens is 452 g/mol. The third-order valence-electron chi connectivity index (χ3n) is 5.86. The SMILES string of the molecule is Cc1ccc2c(CC(=O)Nc3c(C(=O)Nc4ccc(Cl)cc4)oc4ccccc34)coc2c1C. The van der Waals surface area contributed by atoms with E-state index in [1.165, 1.54) is 0 Å². The number of hydrogen-bond donors (Lipinski definition) is 2. The van der Waals surface area contributed by atoms with Gasteiger partial charge in [-0.15, -0.1) is 0 Å². The molecule has 6 nitrogen and oxygen atoms in total. The van der Waals surface area contributed by atoms with E-state index in [0.717, 1.165) is 27.7 Å². The van der Waals surface area contributed by atoms with E-state index in [-0.39, 0.29) is 18.1 Å². The second kappa shape index (κ2) is 8.72. The van der Waals surface area contributed by atoms with E-state index in [1.54, 1.807) is 48.7 Å². The van der Waals surface area contributed by atoms with Crippen molar-refractivity contribution in [3.05, 3.63) is 94.4 Å². The molecule has 34 heavy (non-hydrogen) atoms. The zero-order valence-electron chi connectivity index (χ0n) is 18.6. The highest BCUT2D eigenvalue weighted by molar-refractivity contribution is 6.30. The lowest BCUT2D eigenvalue weighted by atomic mass is 10.0. The molecule has 0 atom stereocenters. The summed E-state index contributed by atoms with van der Waals surface area (Å²) >= 11 is 5.93. The zero-order valence-corrected chi connectivity index (χ0v) is 19.3. The smallest absolute Gasteiger partial charge is 0.293 e. The van der Waals surface area contributed by atoms with Crippen LogP contribution in [-0.4, -0.2) is 11.8 Å². The lowest BCUT2D eigenvalue weighted by Gasteiger charge is -2.07. The Labute approximate surface area is 200 Å². The molecule has 0 saturated heterocycles. The molecule has 0 aliphatic rings. The van der Waals surface area contributed by atoms with Gasteiger partial charge in [0, 0.05) is 27.0 Å². The molecule has 2 aromatic heterocycles. The lowest BCUT2D eigenvalue weighted by Crippen LogP contribution is -2.18. The second-order valence-corrected chi connectivity index (χ2v) is 8.57. The average Bonchev–Trinajstić information content (AvgIpc) is 3.40. The molecule has 0 spiro atoms. The van der Waals surface area contributed by atoms with Crippen molar-refractivity contribution in [3.8, 4) is 0 Å². The summed E-state index contributed by atoms with van der Waals surface area (Å²) in [6, 6.07) is 17.9. The van der Waals surface area contributed by atoms with Gasteiger partial charge >= 0.3 is 0 Å². The van der Waals surface area contributed by atoms with E-state index in [4.69, 9.17) is 20.4 Å². The van der Waals surface area contributed by atoms with Crippen LogP contribution in [0.15, 0.2) is 75.8 Å². The summed E-state index contributed by atoms with van der Waals surface area (Å²) in [6.45, 7) is 4.01. The molecule has 5 aromatic rings. The van der Waals surface area contributed by atoms with Gasteiger partial charge in [0.15, 0.2) is 0 Å². The molecule has 0 aliphatic carbocycles. The van der Waals surface area contributed by atoms with E-state index >= 15 is 0 Å². The van der Waals surface area contributed by atoms with Crippen LogP contribution in [0.5, 0.6) is 0 Å². The van der Waals surface area contributed by atoms with Crippen LogP contribution in [0.25, 0.3) is 21.9 Å². The maximum absolute atomic E-state index is 13.0. The minimum Gasteiger partial charge on any atom is -0.464 e. The molecule has 0 unspecified atom stereocenters. The predicted octanol–water partition coefficient (Wildman–Crippen LogP) is 6.88. The Morgan fingerprint density at radius 2 is 1.68 bits per heavy atom. The molecule has 0 radical (unpaired) electrons. The van der Waals surface area contributed by atoms with Crippen LogP contribution in [0.2, 0.25) is 5.02 Å². The van der Waals surface area contributed by atoms with Crippen molar-refractivity contribution in [1.82, 2.24) is 0 Å². The molecule has 0 fully saturated rings. The number of carbonyl (C=O) groups excluding carboxylic acids is 2. The number of anilines is 2. The fraction of sp³-hybridized carbons (Fsp3) is 0.111. The highest BCUT2D eigenvalue weighted by Crippen LogP contribution is 2.32. The van der Waals surface area contributed by atoms with Gasteiger partial charge in [0.25, 0.3) is 5.91 Å². The summed E-state index contributed by atoms with van der Waals surface area (Å²) in [5.74, 6) is -0.741. The standard InChI is InChI=1S/C27H21ClN2O4/c1-15-7-12-20-17(14-33-25(20)16(15)2)13-23(31)30-24-21-5-3-4-6-22(21)34-26(24)27(32)29-19-10-8-18(28)9-11-19/h3-12,14H,13H2,1-2H3,(H,29,32)(H,30,31). The van der Waals surface area contributed by atoms with Crippen molar-refractivity contribution in [2.75, 3.05) is 10.6 Å². The van der Waals surface area contributed by atoms with Crippen molar-refractivity contribution < 1.29 is 18.4 Å². The van der Waals surface area contributed by atoms with Crippen LogP contribution >= 0.6 is 11.6 Å². The van der Waals surface area contributed by atoms with Crippen molar-refractivity contribution >= 4 is 56.7 Å². The fourth-order valence-corrected chi connectivity index (χ4v) is 4.06. The summed E-state index contributed by atoms with van der Waals surface area (Å²) in [5.41, 5.74) is 5.11. The number of aryl methyl sites for hydroxylation is 2. The minimum atomic E-state index is -0.478. The molecule has 0 saturated carbocycles. The number of para-hydroxylation sites is 1. The van der Waals surface area contributed by atoms with Crippen molar-refractivity contribution in [1.29, 1.82) is 0 Å². The average molecular weight is 473 g/mol. The van der Waals surface area contributed by atoms with Crippen LogP contribution in [0, 0.1) is 13.8 Å². The van der Waals surface area contributed by atoms with Gasteiger partial charge in [-0.2, -0.15) is 0 Å². The minimum absolute atomic E-state index is 0.0213. The molecule has 3 aromatic carbocycles. The van der Waals surface area contributed by atoms with Crippen molar-refractivity contribution in [2.45, 2.75) is 20.3 Å². The Kier molecular flexibility index (Phi) is 5.59. The van der Waals surface area contributed by atoms with Gasteiger partial charge in [-0.3, -0.25) is 9.59 Å². The van der Waals surface area contributed by atoms with Gasteiger partial charge in [0.05, 0.1) is 12.7 Å². The van der Waals surface area contributed by atoms with Gasteiger partial charge in [-0.05, 0) is 61.4 Å². The zero-order chi connectivity index (χ0) is 23.8. The summed E-state index contributed by atoms with van der Waals surface area (Å²) < 4.78 is 11.6. The Hall–Kier alpha value is -4.03. The van der Waals surface area contributed by atoms with E-state index in [2.05, 4.69) is 10.6 Å². The fourth-order valence-electron chi connectivity index (χ4n) is 3.93. The number of fused-ring (bicyclic) bond motifs is 2. The van der Waals surface area contributed by atoms with Crippen LogP contribution in [0.4, 0.5) is 11.4 Å². The topological polar surface area (TPSA) is 84.5 Å². The summed E-state index contributed by atoms with van der Waals surface area (Å²) in [5, 5.41) is 7.77. The molecule has 0 aliphatic heterocycles. The number of benzene rings is 3.